The summed E-state index contributed by atoms with van der Waals surface area (Å²) < 4.78 is 11.7. The van der Waals surface area contributed by atoms with Gasteiger partial charge in [0, 0.05) is 13.1 Å². The molecule has 2 aliphatic rings. The van der Waals surface area contributed by atoms with Gasteiger partial charge < -0.3 is 41.4 Å². The first-order chi connectivity index (χ1) is 18.6. The van der Waals surface area contributed by atoms with Crippen LogP contribution < -0.4 is 53.7 Å². The van der Waals surface area contributed by atoms with Crippen LogP contribution in [0.3, 0.4) is 0 Å². The number of aromatic amines is 1. The number of aliphatic hydroxyl groups is 2. The molecule has 17 nitrogen and oxygen atoms in total. The zero-order chi connectivity index (χ0) is 28.0. The predicted molar refractivity (Wildman–Crippen MR) is 139 cm³/mol. The third-order valence-electron chi connectivity index (χ3n) is 6.31. The summed E-state index contributed by atoms with van der Waals surface area (Å²) in [6.45, 7) is 0.391. The van der Waals surface area contributed by atoms with Crippen molar-refractivity contribution in [2.75, 3.05) is 48.4 Å². The van der Waals surface area contributed by atoms with Gasteiger partial charge in [-0.05, 0) is 6.42 Å². The first-order valence-electron chi connectivity index (χ1n) is 11.7. The van der Waals surface area contributed by atoms with Gasteiger partial charge in [-0.3, -0.25) is 29.0 Å². The lowest BCUT2D eigenvalue weighted by Crippen LogP contribution is -2.41. The second kappa shape index (κ2) is 9.76. The second-order valence-electron chi connectivity index (χ2n) is 8.73. The first kappa shape index (κ1) is 25.7. The molecular formula is C22H23N8O9+. The summed E-state index contributed by atoms with van der Waals surface area (Å²) in [6, 6.07) is 0. The molecular weight excluding hydrogens is 520 g/mol. The van der Waals surface area contributed by atoms with E-state index in [1.54, 1.807) is 0 Å². The van der Waals surface area contributed by atoms with Gasteiger partial charge in [-0.25, -0.2) is 0 Å². The van der Waals surface area contributed by atoms with Crippen LogP contribution in [0.15, 0.2) is 29.0 Å². The minimum atomic E-state index is -1.51. The SMILES string of the molecule is COc1c(NCCCNc2c(NCC3OC(=[N+]4C=Nc5c4nc(N)[nH]c5=O)C(O)C3O)c(=O)c2=O)c(=O)c1=O. The summed E-state index contributed by atoms with van der Waals surface area (Å²) >= 11 is 0. The summed E-state index contributed by atoms with van der Waals surface area (Å²) in [6.07, 6.45) is -2.37. The molecule has 1 saturated heterocycles. The average Bonchev–Trinajstić information content (AvgIpc) is 3.46. The number of nitrogen functional groups attached to an aromatic ring is 1. The predicted octanol–water partition coefficient (Wildman–Crippen LogP) is -3.58. The third kappa shape index (κ3) is 4.22. The van der Waals surface area contributed by atoms with E-state index in [1.807, 2.05) is 0 Å². The van der Waals surface area contributed by atoms with Gasteiger partial charge in [0.1, 0.15) is 29.3 Å². The molecule has 0 saturated carbocycles. The molecule has 3 unspecified atom stereocenters. The number of nitrogens with zero attached hydrogens (tertiary/aromatic N) is 3. The van der Waals surface area contributed by atoms with Crippen LogP contribution >= 0.6 is 0 Å². The molecule has 0 amide bonds. The highest BCUT2D eigenvalue weighted by Crippen LogP contribution is 2.28. The van der Waals surface area contributed by atoms with Crippen LogP contribution in [0.5, 0.6) is 5.75 Å². The van der Waals surface area contributed by atoms with Crippen LogP contribution in [0.25, 0.3) is 0 Å². The van der Waals surface area contributed by atoms with Crippen molar-refractivity contribution in [1.29, 1.82) is 0 Å². The Bertz CT molecular complexity index is 1730. The lowest BCUT2D eigenvalue weighted by atomic mass is 10.1. The van der Waals surface area contributed by atoms with E-state index in [1.165, 1.54) is 18.0 Å². The van der Waals surface area contributed by atoms with Crippen molar-refractivity contribution >= 4 is 46.8 Å². The van der Waals surface area contributed by atoms with Crippen molar-refractivity contribution in [3.63, 3.8) is 0 Å². The maximum absolute atomic E-state index is 12.1. The maximum Gasteiger partial charge on any atom is 0.322 e. The number of nitrogens with one attached hydrogen (secondary N) is 4. The van der Waals surface area contributed by atoms with Gasteiger partial charge in [0.05, 0.1) is 13.7 Å². The Morgan fingerprint density at radius 2 is 1.67 bits per heavy atom. The Morgan fingerprint density at radius 3 is 2.36 bits per heavy atom. The van der Waals surface area contributed by atoms with Crippen molar-refractivity contribution in [2.45, 2.75) is 24.7 Å². The second-order valence-corrected chi connectivity index (χ2v) is 8.73. The molecule has 2 aliphatic heterocycles. The Labute approximate surface area is 216 Å². The number of aliphatic imine (C=N–C) groups is 1. The molecule has 0 radical (unpaired) electrons. The molecule has 17 heteroatoms. The third-order valence-corrected chi connectivity index (χ3v) is 6.31. The van der Waals surface area contributed by atoms with Crippen molar-refractivity contribution in [3.8, 4) is 5.75 Å². The topological polar surface area (TPSA) is 250 Å². The van der Waals surface area contributed by atoms with E-state index >= 15 is 0 Å². The number of aliphatic hydroxyl groups excluding tert-OH is 2. The molecule has 39 heavy (non-hydrogen) atoms. The normalized spacial score (nSPS) is 21.8. The van der Waals surface area contributed by atoms with Crippen LogP contribution in [0, 0.1) is 0 Å². The van der Waals surface area contributed by atoms with E-state index in [4.69, 9.17) is 15.2 Å². The van der Waals surface area contributed by atoms with Gasteiger partial charge in [0.15, 0.2) is 11.9 Å². The van der Waals surface area contributed by atoms with Crippen LogP contribution in [0.1, 0.15) is 6.42 Å². The Morgan fingerprint density at radius 1 is 1.03 bits per heavy atom. The number of anilines is 4. The van der Waals surface area contributed by atoms with Crippen molar-refractivity contribution in [2.24, 2.45) is 4.99 Å². The number of rotatable bonds is 10. The van der Waals surface area contributed by atoms with Gasteiger partial charge in [0.2, 0.25) is 6.34 Å². The van der Waals surface area contributed by atoms with E-state index in [0.29, 0.717) is 13.0 Å². The fraction of sp³-hybridized carbons (Fsp3) is 0.364. The highest BCUT2D eigenvalue weighted by Gasteiger charge is 2.46. The Kier molecular flexibility index (Phi) is 6.44. The average molecular weight is 543 g/mol. The van der Waals surface area contributed by atoms with Gasteiger partial charge in [0.25, 0.3) is 39.2 Å². The number of aromatic nitrogens is 2. The van der Waals surface area contributed by atoms with E-state index in [2.05, 4.69) is 30.9 Å². The van der Waals surface area contributed by atoms with E-state index < -0.39 is 45.6 Å². The number of hydrogen-bond donors (Lipinski definition) is 7. The molecule has 3 aromatic rings. The number of methoxy groups -OCH3 is 1. The summed E-state index contributed by atoms with van der Waals surface area (Å²) in [5, 5.41) is 29.5. The minimum Gasteiger partial charge on any atom is -0.491 e. The molecule has 204 valence electrons. The molecule has 3 heterocycles. The monoisotopic (exact) mass is 543 g/mol. The molecule has 5 rings (SSSR count). The zero-order valence-corrected chi connectivity index (χ0v) is 20.3. The Hall–Kier alpha value is -4.90. The molecule has 8 N–H and O–H groups in total. The van der Waals surface area contributed by atoms with Gasteiger partial charge in [-0.15, -0.1) is 0 Å². The van der Waals surface area contributed by atoms with Crippen LogP contribution in [0.2, 0.25) is 0 Å². The molecule has 1 fully saturated rings. The molecule has 3 atom stereocenters. The Balaban J connectivity index is 1.19. The van der Waals surface area contributed by atoms with Crippen LogP contribution in [-0.2, 0) is 4.74 Å². The number of H-pyrrole nitrogens is 1. The quantitative estimate of drug-likeness (QED) is 0.0742. The smallest absolute Gasteiger partial charge is 0.322 e. The first-order valence-corrected chi connectivity index (χ1v) is 11.7. The highest BCUT2D eigenvalue weighted by atomic mass is 16.5. The number of ether oxygens (including phenoxy) is 2. The lowest BCUT2D eigenvalue weighted by Gasteiger charge is -2.18. The van der Waals surface area contributed by atoms with Gasteiger partial charge >= 0.3 is 11.4 Å². The largest absolute Gasteiger partial charge is 0.491 e. The summed E-state index contributed by atoms with van der Waals surface area (Å²) in [7, 11) is 1.29. The maximum atomic E-state index is 12.1. The molecule has 1 aromatic heterocycles. The number of nitrogens with two attached hydrogens (primary N) is 1. The summed E-state index contributed by atoms with van der Waals surface area (Å²) in [4.78, 5) is 69.3. The minimum absolute atomic E-state index is 0.00935. The lowest BCUT2D eigenvalue weighted by molar-refractivity contribution is -0.313. The fourth-order valence-corrected chi connectivity index (χ4v) is 4.27. The van der Waals surface area contributed by atoms with Crippen LogP contribution in [0.4, 0.5) is 34.5 Å². The molecule has 0 aliphatic carbocycles. The standard InChI is InChI=1S/C22H22N8O9/c1-38-18-10(15(34)16(18)35)25-4-2-3-24-8-9(14(33)13(8)32)26-5-7-12(31)17(36)21(39-7)30-6-27-11-19(30)28-22(23)29-20(11)37/h6-7,12,17,31,36H,2-5H2,1H3,(H5-,23,24,25,26,28,29,32,33,34,35,37)/p+1. The van der Waals surface area contributed by atoms with E-state index in [9.17, 15) is 34.2 Å². The van der Waals surface area contributed by atoms with Crippen molar-refractivity contribution in [3.05, 3.63) is 51.2 Å². The highest BCUT2D eigenvalue weighted by molar-refractivity contribution is 5.86. The molecule has 0 bridgehead atoms. The molecule has 0 spiro atoms. The van der Waals surface area contributed by atoms with Crippen molar-refractivity contribution < 1.29 is 24.3 Å². The van der Waals surface area contributed by atoms with Gasteiger partial charge in [-0.2, -0.15) is 4.58 Å². The summed E-state index contributed by atoms with van der Waals surface area (Å²) in [5.74, 6) is -0.347. The fourth-order valence-electron chi connectivity index (χ4n) is 4.27. The van der Waals surface area contributed by atoms with Crippen LogP contribution in [-0.4, -0.2) is 82.0 Å². The van der Waals surface area contributed by atoms with Crippen molar-refractivity contribution in [1.82, 2.24) is 9.97 Å². The zero-order valence-electron chi connectivity index (χ0n) is 20.3. The van der Waals surface area contributed by atoms with E-state index in [-0.39, 0.29) is 59.3 Å². The van der Waals surface area contributed by atoms with Gasteiger partial charge in [-0.1, -0.05) is 9.98 Å². The number of fused-ring (bicyclic) bond motifs is 1. The summed E-state index contributed by atoms with van der Waals surface area (Å²) in [5.41, 5.74) is 2.23. The molecule has 2 aromatic carbocycles. The van der Waals surface area contributed by atoms with E-state index in [0.717, 1.165) is 0 Å². The number of hydrogen-bond acceptors (Lipinski definition) is 15.